The highest BCUT2D eigenvalue weighted by molar-refractivity contribution is 5.83. The van der Waals surface area contributed by atoms with E-state index in [-0.39, 0.29) is 12.3 Å². The van der Waals surface area contributed by atoms with Crippen LogP contribution in [0.25, 0.3) is 0 Å². The van der Waals surface area contributed by atoms with Crippen LogP contribution < -0.4 is 11.1 Å². The van der Waals surface area contributed by atoms with Crippen molar-refractivity contribution in [3.8, 4) is 0 Å². The number of nitrogens with two attached hydrogens (primary N) is 1. The van der Waals surface area contributed by atoms with E-state index < -0.39 is 12.0 Å². The molecule has 1 amide bonds. The van der Waals surface area contributed by atoms with Gasteiger partial charge in [-0.05, 0) is 31.0 Å². The second kappa shape index (κ2) is 5.89. The number of nitrogens with one attached hydrogen (secondary N) is 1. The maximum absolute atomic E-state index is 11.4. The Morgan fingerprint density at radius 3 is 2.76 bits per heavy atom. The molecule has 0 fully saturated rings. The van der Waals surface area contributed by atoms with Gasteiger partial charge in [-0.2, -0.15) is 0 Å². The van der Waals surface area contributed by atoms with Gasteiger partial charge in [0.1, 0.15) is 6.04 Å². The molecular formula is C12H16N2O3. The van der Waals surface area contributed by atoms with Crippen LogP contribution in [0.5, 0.6) is 0 Å². The van der Waals surface area contributed by atoms with E-state index in [1.54, 1.807) is 12.1 Å². The maximum Gasteiger partial charge on any atom is 0.325 e. The highest BCUT2D eigenvalue weighted by Crippen LogP contribution is 2.08. The molecule has 0 aliphatic heterocycles. The van der Waals surface area contributed by atoms with Gasteiger partial charge >= 0.3 is 5.97 Å². The largest absolute Gasteiger partial charge is 0.480 e. The predicted octanol–water partition coefficient (Wildman–Crippen LogP) is 0.791. The minimum Gasteiger partial charge on any atom is -0.480 e. The molecule has 0 heterocycles. The van der Waals surface area contributed by atoms with Crippen molar-refractivity contribution in [2.75, 3.05) is 5.73 Å². The van der Waals surface area contributed by atoms with E-state index in [2.05, 4.69) is 5.32 Å². The van der Waals surface area contributed by atoms with E-state index in [1.165, 1.54) is 6.92 Å². The van der Waals surface area contributed by atoms with Crippen molar-refractivity contribution in [2.24, 2.45) is 0 Å². The predicted molar refractivity (Wildman–Crippen MR) is 64.4 cm³/mol. The lowest BCUT2D eigenvalue weighted by atomic mass is 10.1. The highest BCUT2D eigenvalue weighted by Gasteiger charge is 2.13. The van der Waals surface area contributed by atoms with Crippen LogP contribution in [-0.2, 0) is 16.0 Å². The third kappa shape index (κ3) is 4.55. The fraction of sp³-hybridized carbons (Fsp3) is 0.333. The molecule has 0 aromatic heterocycles. The van der Waals surface area contributed by atoms with Gasteiger partial charge in [0.25, 0.3) is 0 Å². The summed E-state index contributed by atoms with van der Waals surface area (Å²) in [6, 6.07) is 6.42. The monoisotopic (exact) mass is 236 g/mol. The first-order valence-electron chi connectivity index (χ1n) is 5.35. The van der Waals surface area contributed by atoms with Crippen LogP contribution in [-0.4, -0.2) is 23.0 Å². The summed E-state index contributed by atoms with van der Waals surface area (Å²) in [6.45, 7) is 1.43. The molecule has 0 aliphatic carbocycles. The molecule has 5 nitrogen and oxygen atoms in total. The fourth-order valence-corrected chi connectivity index (χ4v) is 1.38. The molecule has 17 heavy (non-hydrogen) atoms. The molecule has 0 aliphatic rings. The molecule has 4 N–H and O–H groups in total. The van der Waals surface area contributed by atoms with Crippen molar-refractivity contribution in [1.82, 2.24) is 5.32 Å². The van der Waals surface area contributed by atoms with Crippen molar-refractivity contribution in [1.29, 1.82) is 0 Å². The van der Waals surface area contributed by atoms with Gasteiger partial charge in [0, 0.05) is 12.1 Å². The Hall–Kier alpha value is -2.04. The van der Waals surface area contributed by atoms with Gasteiger partial charge in [0.2, 0.25) is 5.91 Å². The van der Waals surface area contributed by atoms with E-state index in [0.29, 0.717) is 12.1 Å². The molecule has 0 unspecified atom stereocenters. The first-order valence-corrected chi connectivity index (χ1v) is 5.35. The van der Waals surface area contributed by atoms with Crippen LogP contribution in [0.4, 0.5) is 5.69 Å². The van der Waals surface area contributed by atoms with Crippen LogP contribution >= 0.6 is 0 Å². The quantitative estimate of drug-likeness (QED) is 0.659. The molecule has 0 spiro atoms. The second-order valence-corrected chi connectivity index (χ2v) is 3.87. The van der Waals surface area contributed by atoms with Gasteiger partial charge < -0.3 is 16.2 Å². The molecular weight excluding hydrogens is 220 g/mol. The molecule has 1 rings (SSSR count). The normalized spacial score (nSPS) is 11.8. The van der Waals surface area contributed by atoms with E-state index >= 15 is 0 Å². The number of carboxylic acids is 1. The molecule has 1 atom stereocenters. The van der Waals surface area contributed by atoms with Crippen molar-refractivity contribution >= 4 is 17.6 Å². The summed E-state index contributed by atoms with van der Waals surface area (Å²) in [7, 11) is 0. The molecule has 0 saturated heterocycles. The number of carbonyl (C=O) groups excluding carboxylic acids is 1. The third-order valence-corrected chi connectivity index (χ3v) is 2.34. The van der Waals surface area contributed by atoms with Gasteiger partial charge in [-0.1, -0.05) is 12.1 Å². The summed E-state index contributed by atoms with van der Waals surface area (Å²) in [4.78, 5) is 21.9. The Balaban J connectivity index is 2.41. The summed E-state index contributed by atoms with van der Waals surface area (Å²) in [5, 5.41) is 11.0. The minimum atomic E-state index is -1.04. The summed E-state index contributed by atoms with van der Waals surface area (Å²) < 4.78 is 0. The Morgan fingerprint density at radius 2 is 2.18 bits per heavy atom. The third-order valence-electron chi connectivity index (χ3n) is 2.34. The number of hydrogen-bond acceptors (Lipinski definition) is 3. The lowest BCUT2D eigenvalue weighted by Crippen LogP contribution is -2.38. The molecule has 0 radical (unpaired) electrons. The number of hydrogen-bond donors (Lipinski definition) is 3. The zero-order valence-corrected chi connectivity index (χ0v) is 9.64. The van der Waals surface area contributed by atoms with Gasteiger partial charge in [-0.3, -0.25) is 9.59 Å². The van der Waals surface area contributed by atoms with Gasteiger partial charge in [-0.25, -0.2) is 0 Å². The standard InChI is InChI=1S/C12H16N2O3/c1-8(12(16)17)14-11(15)6-5-9-3-2-4-10(13)7-9/h2-4,7-8H,5-6,13H2,1H3,(H,14,15)(H,16,17)/t8-/m1/s1. The number of benzene rings is 1. The van der Waals surface area contributed by atoms with E-state index in [4.69, 9.17) is 10.8 Å². The van der Waals surface area contributed by atoms with Crippen LogP contribution in [0.3, 0.4) is 0 Å². The Kier molecular flexibility index (Phi) is 4.51. The number of anilines is 1. The van der Waals surface area contributed by atoms with E-state index in [0.717, 1.165) is 5.56 Å². The Bertz CT molecular complexity index is 418. The lowest BCUT2D eigenvalue weighted by molar-refractivity contribution is -0.141. The van der Waals surface area contributed by atoms with Crippen LogP contribution in [0, 0.1) is 0 Å². The topological polar surface area (TPSA) is 92.4 Å². The first kappa shape index (κ1) is 13.0. The number of carbonyl (C=O) groups is 2. The van der Waals surface area contributed by atoms with Crippen molar-refractivity contribution in [3.63, 3.8) is 0 Å². The number of nitrogen functional groups attached to an aromatic ring is 1. The molecule has 1 aromatic carbocycles. The number of amides is 1. The number of rotatable bonds is 5. The maximum atomic E-state index is 11.4. The smallest absolute Gasteiger partial charge is 0.325 e. The van der Waals surface area contributed by atoms with Gasteiger partial charge in [-0.15, -0.1) is 0 Å². The molecule has 1 aromatic rings. The van der Waals surface area contributed by atoms with Crippen molar-refractivity contribution < 1.29 is 14.7 Å². The lowest BCUT2D eigenvalue weighted by Gasteiger charge is -2.09. The molecule has 0 saturated carbocycles. The second-order valence-electron chi connectivity index (χ2n) is 3.87. The van der Waals surface area contributed by atoms with Gasteiger partial charge in [0.05, 0.1) is 0 Å². The minimum absolute atomic E-state index is 0.251. The molecule has 0 bridgehead atoms. The summed E-state index contributed by atoms with van der Waals surface area (Å²) >= 11 is 0. The van der Waals surface area contributed by atoms with E-state index in [1.807, 2.05) is 12.1 Å². The zero-order chi connectivity index (χ0) is 12.8. The summed E-state index contributed by atoms with van der Waals surface area (Å²) in [6.07, 6.45) is 0.796. The van der Waals surface area contributed by atoms with E-state index in [9.17, 15) is 9.59 Å². The fourth-order valence-electron chi connectivity index (χ4n) is 1.38. The average molecular weight is 236 g/mol. The SMILES string of the molecule is C[C@@H](NC(=O)CCc1cccc(N)c1)C(=O)O. The van der Waals surface area contributed by atoms with Crippen molar-refractivity contribution in [3.05, 3.63) is 29.8 Å². The summed E-state index contributed by atoms with van der Waals surface area (Å²) in [5.74, 6) is -1.32. The van der Waals surface area contributed by atoms with Crippen LogP contribution in [0.15, 0.2) is 24.3 Å². The highest BCUT2D eigenvalue weighted by atomic mass is 16.4. The summed E-state index contributed by atoms with van der Waals surface area (Å²) in [5.41, 5.74) is 7.22. The Labute approximate surface area is 99.6 Å². The number of aryl methyl sites for hydroxylation is 1. The van der Waals surface area contributed by atoms with Crippen LogP contribution in [0.2, 0.25) is 0 Å². The molecule has 5 heteroatoms. The van der Waals surface area contributed by atoms with Crippen molar-refractivity contribution in [2.45, 2.75) is 25.8 Å². The first-order chi connectivity index (χ1) is 7.99. The van der Waals surface area contributed by atoms with Crippen LogP contribution in [0.1, 0.15) is 18.9 Å². The molecule has 92 valence electrons. The zero-order valence-electron chi connectivity index (χ0n) is 9.64. The average Bonchev–Trinajstić information content (AvgIpc) is 2.26. The number of aliphatic carboxylic acids is 1. The number of carboxylic acid groups (broad SMARTS) is 1. The van der Waals surface area contributed by atoms with Gasteiger partial charge in [0.15, 0.2) is 0 Å². The Morgan fingerprint density at radius 1 is 1.47 bits per heavy atom.